The summed E-state index contributed by atoms with van der Waals surface area (Å²) in [5, 5.41) is 8.64. The Morgan fingerprint density at radius 3 is 2.23 bits per heavy atom. The molecule has 1 fully saturated rings. The minimum atomic E-state index is -0.885. The predicted molar refractivity (Wildman–Crippen MR) is 49.0 cm³/mol. The summed E-state index contributed by atoms with van der Waals surface area (Å²) in [6, 6.07) is -0.124. The van der Waals surface area contributed by atoms with Crippen molar-refractivity contribution in [3.05, 3.63) is 0 Å². The highest BCUT2D eigenvalue weighted by Gasteiger charge is 2.36. The fourth-order valence-corrected chi connectivity index (χ4v) is 2.13. The van der Waals surface area contributed by atoms with Gasteiger partial charge in [0, 0.05) is 17.6 Å². The number of hydrogen-bond acceptors (Lipinski definition) is 4. The SMILES string of the molecule is NC1CC(N)CC(N)(CC(=O)O)C1. The zero-order valence-corrected chi connectivity index (χ0v) is 7.57. The summed E-state index contributed by atoms with van der Waals surface area (Å²) in [6.45, 7) is 0. The smallest absolute Gasteiger partial charge is 0.305 e. The monoisotopic (exact) mass is 187 g/mol. The Morgan fingerprint density at radius 1 is 1.38 bits per heavy atom. The van der Waals surface area contributed by atoms with Crippen molar-refractivity contribution in [3.8, 4) is 0 Å². The van der Waals surface area contributed by atoms with Crippen molar-refractivity contribution in [1.82, 2.24) is 0 Å². The number of rotatable bonds is 2. The molecule has 0 spiro atoms. The summed E-state index contributed by atoms with van der Waals surface area (Å²) < 4.78 is 0. The molecule has 0 aromatic heterocycles. The molecule has 0 aromatic carbocycles. The van der Waals surface area contributed by atoms with Gasteiger partial charge in [0.05, 0.1) is 6.42 Å². The van der Waals surface area contributed by atoms with Crippen LogP contribution in [0.25, 0.3) is 0 Å². The largest absolute Gasteiger partial charge is 0.481 e. The summed E-state index contributed by atoms with van der Waals surface area (Å²) in [4.78, 5) is 10.5. The maximum Gasteiger partial charge on any atom is 0.305 e. The average Bonchev–Trinajstić information content (AvgIpc) is 1.77. The highest BCUT2D eigenvalue weighted by atomic mass is 16.4. The molecule has 0 saturated heterocycles. The second-order valence-corrected chi connectivity index (χ2v) is 4.10. The molecule has 0 amide bonds. The van der Waals surface area contributed by atoms with E-state index in [4.69, 9.17) is 22.3 Å². The Balaban J connectivity index is 2.60. The summed E-state index contributed by atoms with van der Waals surface area (Å²) in [5.41, 5.74) is 16.6. The third-order valence-corrected chi connectivity index (χ3v) is 2.45. The molecule has 1 rings (SSSR count). The van der Waals surface area contributed by atoms with E-state index in [9.17, 15) is 4.79 Å². The number of carboxylic acids is 1. The number of carboxylic acid groups (broad SMARTS) is 1. The van der Waals surface area contributed by atoms with Crippen LogP contribution in [0.3, 0.4) is 0 Å². The molecule has 1 saturated carbocycles. The Kier molecular flexibility index (Phi) is 2.90. The van der Waals surface area contributed by atoms with Crippen molar-refractivity contribution in [2.45, 2.75) is 43.3 Å². The van der Waals surface area contributed by atoms with Gasteiger partial charge in [-0.3, -0.25) is 4.79 Å². The molecular formula is C8H17N3O2. The third-order valence-electron chi connectivity index (χ3n) is 2.45. The minimum Gasteiger partial charge on any atom is -0.481 e. The molecule has 7 N–H and O–H groups in total. The lowest BCUT2D eigenvalue weighted by Gasteiger charge is -2.38. The molecule has 0 heterocycles. The van der Waals surface area contributed by atoms with Gasteiger partial charge in [0.1, 0.15) is 0 Å². The molecular weight excluding hydrogens is 170 g/mol. The van der Waals surface area contributed by atoms with E-state index < -0.39 is 11.5 Å². The first kappa shape index (κ1) is 10.4. The van der Waals surface area contributed by atoms with E-state index in [1.807, 2.05) is 0 Å². The van der Waals surface area contributed by atoms with Crippen LogP contribution in [-0.2, 0) is 4.79 Å². The lowest BCUT2D eigenvalue weighted by Crippen LogP contribution is -2.55. The van der Waals surface area contributed by atoms with E-state index in [0.29, 0.717) is 12.8 Å². The first-order valence-corrected chi connectivity index (χ1v) is 4.43. The highest BCUT2D eigenvalue weighted by molar-refractivity contribution is 5.68. The van der Waals surface area contributed by atoms with Crippen LogP contribution in [0.4, 0.5) is 0 Å². The zero-order chi connectivity index (χ0) is 10.1. The van der Waals surface area contributed by atoms with Crippen molar-refractivity contribution in [1.29, 1.82) is 0 Å². The van der Waals surface area contributed by atoms with Crippen molar-refractivity contribution >= 4 is 5.97 Å². The Hall–Kier alpha value is -0.650. The molecule has 5 nitrogen and oxygen atoms in total. The quantitative estimate of drug-likeness (QED) is 0.442. The summed E-state index contributed by atoms with van der Waals surface area (Å²) in [7, 11) is 0. The Bertz CT molecular complexity index is 198. The van der Waals surface area contributed by atoms with Crippen molar-refractivity contribution < 1.29 is 9.90 Å². The summed E-state index contributed by atoms with van der Waals surface area (Å²) in [5.74, 6) is -0.885. The van der Waals surface area contributed by atoms with E-state index in [1.54, 1.807) is 0 Å². The summed E-state index contributed by atoms with van der Waals surface area (Å²) >= 11 is 0. The van der Waals surface area contributed by atoms with Crippen LogP contribution in [0.2, 0.25) is 0 Å². The van der Waals surface area contributed by atoms with E-state index in [1.165, 1.54) is 0 Å². The number of hydrogen-bond donors (Lipinski definition) is 4. The Morgan fingerprint density at radius 2 is 1.85 bits per heavy atom. The number of nitrogens with two attached hydrogens (primary N) is 3. The van der Waals surface area contributed by atoms with Crippen LogP contribution in [-0.4, -0.2) is 28.7 Å². The first-order chi connectivity index (χ1) is 5.91. The van der Waals surface area contributed by atoms with Gasteiger partial charge < -0.3 is 22.3 Å². The molecule has 0 aromatic rings. The van der Waals surface area contributed by atoms with Gasteiger partial charge >= 0.3 is 5.97 Å². The van der Waals surface area contributed by atoms with Gasteiger partial charge in [-0.1, -0.05) is 0 Å². The molecule has 2 unspecified atom stereocenters. The van der Waals surface area contributed by atoms with Gasteiger partial charge in [-0.2, -0.15) is 0 Å². The van der Waals surface area contributed by atoms with E-state index in [-0.39, 0.29) is 18.5 Å². The van der Waals surface area contributed by atoms with E-state index in [2.05, 4.69) is 0 Å². The average molecular weight is 187 g/mol. The van der Waals surface area contributed by atoms with Gasteiger partial charge in [-0.05, 0) is 19.3 Å². The lowest BCUT2D eigenvalue weighted by atomic mass is 9.76. The third kappa shape index (κ3) is 2.95. The molecule has 5 heteroatoms. The zero-order valence-electron chi connectivity index (χ0n) is 7.57. The van der Waals surface area contributed by atoms with E-state index >= 15 is 0 Å². The Labute approximate surface area is 77.3 Å². The van der Waals surface area contributed by atoms with Gasteiger partial charge in [-0.25, -0.2) is 0 Å². The molecule has 13 heavy (non-hydrogen) atoms. The highest BCUT2D eigenvalue weighted by Crippen LogP contribution is 2.27. The second kappa shape index (κ2) is 3.61. The van der Waals surface area contributed by atoms with Crippen molar-refractivity contribution in [2.24, 2.45) is 17.2 Å². The van der Waals surface area contributed by atoms with Crippen LogP contribution in [0.1, 0.15) is 25.7 Å². The fourth-order valence-electron chi connectivity index (χ4n) is 2.13. The van der Waals surface area contributed by atoms with Gasteiger partial charge in [0.15, 0.2) is 0 Å². The van der Waals surface area contributed by atoms with Gasteiger partial charge in [0.2, 0.25) is 0 Å². The maximum atomic E-state index is 10.5. The predicted octanol–water partition coefficient (Wildman–Crippen LogP) is -1.00. The normalized spacial score (nSPS) is 40.2. The molecule has 1 aliphatic carbocycles. The van der Waals surface area contributed by atoms with Crippen molar-refractivity contribution in [2.75, 3.05) is 0 Å². The summed E-state index contributed by atoms with van der Waals surface area (Å²) in [6.07, 6.45) is 1.78. The lowest BCUT2D eigenvalue weighted by molar-refractivity contribution is -0.138. The maximum absolute atomic E-state index is 10.5. The number of carbonyl (C=O) groups is 1. The number of aliphatic carboxylic acids is 1. The minimum absolute atomic E-state index is 0.0472. The topological polar surface area (TPSA) is 115 Å². The van der Waals surface area contributed by atoms with Gasteiger partial charge in [0.25, 0.3) is 0 Å². The molecule has 2 atom stereocenters. The first-order valence-electron chi connectivity index (χ1n) is 4.43. The van der Waals surface area contributed by atoms with Crippen molar-refractivity contribution in [3.63, 3.8) is 0 Å². The molecule has 0 radical (unpaired) electrons. The second-order valence-electron chi connectivity index (χ2n) is 4.10. The van der Waals surface area contributed by atoms with Crippen LogP contribution in [0, 0.1) is 0 Å². The fraction of sp³-hybridized carbons (Fsp3) is 0.875. The standard InChI is InChI=1S/C8H17N3O2/c9-5-1-6(10)3-8(11,2-5)4-7(12)13/h5-6H,1-4,9-11H2,(H,12,13). The molecule has 76 valence electrons. The molecule has 0 bridgehead atoms. The van der Waals surface area contributed by atoms with E-state index in [0.717, 1.165) is 6.42 Å². The molecule has 0 aliphatic heterocycles. The van der Waals surface area contributed by atoms with Crippen LogP contribution in [0.15, 0.2) is 0 Å². The molecule has 1 aliphatic rings. The van der Waals surface area contributed by atoms with Crippen LogP contribution >= 0.6 is 0 Å². The van der Waals surface area contributed by atoms with Crippen LogP contribution in [0.5, 0.6) is 0 Å². The van der Waals surface area contributed by atoms with Crippen LogP contribution < -0.4 is 17.2 Å². The van der Waals surface area contributed by atoms with Gasteiger partial charge in [-0.15, -0.1) is 0 Å².